The molecule has 0 amide bonds. The minimum atomic E-state index is -1.86. The Labute approximate surface area is 153 Å². The normalized spacial score (nSPS) is 21.5. The maximum absolute atomic E-state index is 12.2. The van der Waals surface area contributed by atoms with Crippen molar-refractivity contribution in [2.45, 2.75) is 44.5 Å². The molecular formula is C21H24O5. The molecule has 2 unspecified atom stereocenters. The topological polar surface area (TPSA) is 65.0 Å². The van der Waals surface area contributed by atoms with Crippen LogP contribution in [0.1, 0.15) is 31.7 Å². The van der Waals surface area contributed by atoms with Crippen LogP contribution in [0.3, 0.4) is 0 Å². The van der Waals surface area contributed by atoms with Crippen LogP contribution in [-0.4, -0.2) is 29.6 Å². The molecule has 0 saturated carbocycles. The van der Waals surface area contributed by atoms with Gasteiger partial charge in [0.25, 0.3) is 0 Å². The number of benzene rings is 2. The molecule has 0 bridgehead atoms. The highest BCUT2D eigenvalue weighted by atomic mass is 16.7. The molecule has 0 aromatic heterocycles. The zero-order chi connectivity index (χ0) is 18.4. The van der Waals surface area contributed by atoms with Gasteiger partial charge in [0.05, 0.1) is 6.61 Å². The molecule has 1 aliphatic rings. The second-order valence-corrected chi connectivity index (χ2v) is 6.36. The van der Waals surface area contributed by atoms with Gasteiger partial charge < -0.3 is 19.3 Å². The molecule has 2 aromatic carbocycles. The molecule has 5 heteroatoms. The fraction of sp³-hybridized carbons (Fsp3) is 0.381. The lowest BCUT2D eigenvalue weighted by molar-refractivity contribution is -0.245. The fourth-order valence-electron chi connectivity index (χ4n) is 3.06. The number of unbranched alkanes of at least 4 members (excludes halogenated alkanes) is 2. The van der Waals surface area contributed by atoms with Gasteiger partial charge in [-0.05, 0) is 30.2 Å². The first kappa shape index (κ1) is 18.3. The summed E-state index contributed by atoms with van der Waals surface area (Å²) in [5.41, 5.74) is 0.905. The van der Waals surface area contributed by atoms with E-state index in [-0.39, 0.29) is 0 Å². The second-order valence-electron chi connectivity index (χ2n) is 6.36. The number of para-hydroxylation sites is 2. The number of carboxylic acids is 1. The molecule has 3 rings (SSSR count). The molecule has 0 aliphatic carbocycles. The highest BCUT2D eigenvalue weighted by Gasteiger charge is 2.55. The van der Waals surface area contributed by atoms with Crippen LogP contribution < -0.4 is 9.47 Å². The van der Waals surface area contributed by atoms with Crippen LogP contribution in [0.25, 0.3) is 0 Å². The van der Waals surface area contributed by atoms with E-state index in [4.69, 9.17) is 14.2 Å². The summed E-state index contributed by atoms with van der Waals surface area (Å²) < 4.78 is 17.7. The molecule has 1 heterocycles. The Hall–Kier alpha value is -2.53. The summed E-state index contributed by atoms with van der Waals surface area (Å²) in [6.45, 7) is 2.39. The van der Waals surface area contributed by atoms with Crippen LogP contribution in [-0.2, 0) is 16.0 Å². The van der Waals surface area contributed by atoms with Gasteiger partial charge in [-0.1, -0.05) is 56.2 Å². The lowest BCUT2D eigenvalue weighted by Crippen LogP contribution is -2.61. The molecule has 0 radical (unpaired) electrons. The van der Waals surface area contributed by atoms with Crippen LogP contribution in [0.4, 0.5) is 0 Å². The van der Waals surface area contributed by atoms with E-state index in [0.717, 1.165) is 24.8 Å². The SMILES string of the molecule is CCCCCOC1(C(=O)O)Oc2ccccc2CC1Oc1ccccc1. The van der Waals surface area contributed by atoms with Gasteiger partial charge in [0.15, 0.2) is 6.10 Å². The number of hydrogen-bond donors (Lipinski definition) is 1. The molecule has 5 nitrogen and oxygen atoms in total. The van der Waals surface area contributed by atoms with Crippen LogP contribution in [0, 0.1) is 0 Å². The monoisotopic (exact) mass is 356 g/mol. The van der Waals surface area contributed by atoms with Crippen molar-refractivity contribution in [2.24, 2.45) is 0 Å². The third kappa shape index (κ3) is 3.83. The van der Waals surface area contributed by atoms with E-state index in [1.54, 1.807) is 18.2 Å². The zero-order valence-corrected chi connectivity index (χ0v) is 14.9. The third-order valence-electron chi connectivity index (χ3n) is 4.45. The molecule has 0 spiro atoms. The van der Waals surface area contributed by atoms with Crippen LogP contribution >= 0.6 is 0 Å². The number of fused-ring (bicyclic) bond motifs is 1. The van der Waals surface area contributed by atoms with Crippen molar-refractivity contribution < 1.29 is 24.1 Å². The highest BCUT2D eigenvalue weighted by Crippen LogP contribution is 2.37. The summed E-state index contributed by atoms with van der Waals surface area (Å²) in [5.74, 6) is -1.93. The van der Waals surface area contributed by atoms with Crippen molar-refractivity contribution in [3.8, 4) is 11.5 Å². The number of hydrogen-bond acceptors (Lipinski definition) is 4. The molecule has 138 valence electrons. The van der Waals surface area contributed by atoms with E-state index >= 15 is 0 Å². The van der Waals surface area contributed by atoms with Gasteiger partial charge in [-0.3, -0.25) is 0 Å². The van der Waals surface area contributed by atoms with Gasteiger partial charge in [0.2, 0.25) is 0 Å². The van der Waals surface area contributed by atoms with E-state index in [2.05, 4.69) is 6.92 Å². The molecule has 2 aromatic rings. The number of aliphatic carboxylic acids is 1. The Morgan fingerprint density at radius 2 is 1.88 bits per heavy atom. The van der Waals surface area contributed by atoms with E-state index in [0.29, 0.717) is 24.5 Å². The lowest BCUT2D eigenvalue weighted by atomic mass is 9.96. The van der Waals surface area contributed by atoms with Crippen molar-refractivity contribution in [2.75, 3.05) is 6.61 Å². The average molecular weight is 356 g/mol. The van der Waals surface area contributed by atoms with E-state index < -0.39 is 17.9 Å². The van der Waals surface area contributed by atoms with Gasteiger partial charge in [0.1, 0.15) is 11.5 Å². The van der Waals surface area contributed by atoms with E-state index in [1.165, 1.54) is 0 Å². The molecule has 1 N–H and O–H groups in total. The Bertz CT molecular complexity index is 730. The minimum Gasteiger partial charge on any atom is -0.482 e. The average Bonchev–Trinajstić information content (AvgIpc) is 2.66. The molecule has 0 saturated heterocycles. The Balaban J connectivity index is 1.91. The Morgan fingerprint density at radius 1 is 1.15 bits per heavy atom. The third-order valence-corrected chi connectivity index (χ3v) is 4.45. The maximum Gasteiger partial charge on any atom is 0.381 e. The first-order chi connectivity index (χ1) is 12.7. The number of rotatable bonds is 8. The van der Waals surface area contributed by atoms with Crippen molar-refractivity contribution in [3.05, 3.63) is 60.2 Å². The molecule has 1 aliphatic heterocycles. The van der Waals surface area contributed by atoms with Gasteiger partial charge >= 0.3 is 11.8 Å². The van der Waals surface area contributed by atoms with Gasteiger partial charge in [0, 0.05) is 6.42 Å². The highest BCUT2D eigenvalue weighted by molar-refractivity contribution is 5.78. The smallest absolute Gasteiger partial charge is 0.381 e. The first-order valence-corrected chi connectivity index (χ1v) is 9.01. The van der Waals surface area contributed by atoms with Crippen molar-refractivity contribution in [3.63, 3.8) is 0 Å². The number of ether oxygens (including phenoxy) is 3. The quantitative estimate of drug-likeness (QED) is 0.723. The van der Waals surface area contributed by atoms with E-state index in [1.807, 2.05) is 36.4 Å². The van der Waals surface area contributed by atoms with Crippen molar-refractivity contribution in [1.29, 1.82) is 0 Å². The van der Waals surface area contributed by atoms with Crippen molar-refractivity contribution in [1.82, 2.24) is 0 Å². The fourth-order valence-corrected chi connectivity index (χ4v) is 3.06. The summed E-state index contributed by atoms with van der Waals surface area (Å²) in [4.78, 5) is 12.2. The minimum absolute atomic E-state index is 0.303. The predicted octanol–water partition coefficient (Wildman–Crippen LogP) is 4.06. The zero-order valence-electron chi connectivity index (χ0n) is 14.9. The molecule has 2 atom stereocenters. The van der Waals surface area contributed by atoms with Gasteiger partial charge in [-0.2, -0.15) is 0 Å². The van der Waals surface area contributed by atoms with Crippen molar-refractivity contribution >= 4 is 5.97 Å². The van der Waals surface area contributed by atoms with Crippen LogP contribution in [0.15, 0.2) is 54.6 Å². The predicted molar refractivity (Wildman–Crippen MR) is 97.5 cm³/mol. The number of carboxylic acid groups (broad SMARTS) is 1. The standard InChI is InChI=1S/C21H24O5/c1-2-3-9-14-24-21(20(22)23)19(25-17-11-5-4-6-12-17)15-16-10-7-8-13-18(16)26-21/h4-8,10-13,19H,2-3,9,14-15H2,1H3,(H,22,23). The lowest BCUT2D eigenvalue weighted by Gasteiger charge is -2.40. The molecule has 0 fully saturated rings. The molecule has 26 heavy (non-hydrogen) atoms. The van der Waals surface area contributed by atoms with Gasteiger partial charge in [-0.25, -0.2) is 4.79 Å². The second kappa shape index (κ2) is 8.23. The summed E-state index contributed by atoms with van der Waals surface area (Å²) in [7, 11) is 0. The summed E-state index contributed by atoms with van der Waals surface area (Å²) >= 11 is 0. The number of carbonyl (C=O) groups is 1. The van der Waals surface area contributed by atoms with E-state index in [9.17, 15) is 9.90 Å². The Morgan fingerprint density at radius 3 is 2.62 bits per heavy atom. The maximum atomic E-state index is 12.2. The van der Waals surface area contributed by atoms with Crippen LogP contribution in [0.5, 0.6) is 11.5 Å². The molecular weight excluding hydrogens is 332 g/mol. The Kier molecular flexibility index (Phi) is 5.78. The summed E-state index contributed by atoms with van der Waals surface area (Å²) in [6.07, 6.45) is 2.37. The summed E-state index contributed by atoms with van der Waals surface area (Å²) in [5, 5.41) is 9.99. The summed E-state index contributed by atoms with van der Waals surface area (Å²) in [6, 6.07) is 16.6. The first-order valence-electron chi connectivity index (χ1n) is 9.01. The van der Waals surface area contributed by atoms with Gasteiger partial charge in [-0.15, -0.1) is 0 Å². The largest absolute Gasteiger partial charge is 0.482 e. The van der Waals surface area contributed by atoms with Crippen LogP contribution in [0.2, 0.25) is 0 Å².